The molecule has 36 heavy (non-hydrogen) atoms. The second-order valence-electron chi connectivity index (χ2n) is 8.29. The zero-order valence-electron chi connectivity index (χ0n) is 20.4. The van der Waals surface area contributed by atoms with E-state index in [1.165, 1.54) is 0 Å². The van der Waals surface area contributed by atoms with E-state index >= 15 is 0 Å². The molecule has 186 valence electrons. The van der Waals surface area contributed by atoms with Gasteiger partial charge in [-0.05, 0) is 53.6 Å². The Bertz CT molecular complexity index is 1270. The molecule has 8 nitrogen and oxygen atoms in total. The summed E-state index contributed by atoms with van der Waals surface area (Å²) in [5.74, 6) is -0.0791. The highest BCUT2D eigenvalue weighted by Gasteiger charge is 2.27. The minimum atomic E-state index is -0.400. The van der Waals surface area contributed by atoms with Gasteiger partial charge in [0.05, 0.1) is 13.7 Å². The van der Waals surface area contributed by atoms with Crippen LogP contribution in [0, 0.1) is 0 Å². The van der Waals surface area contributed by atoms with Crippen molar-refractivity contribution in [3.8, 4) is 5.75 Å². The quantitative estimate of drug-likeness (QED) is 0.533. The van der Waals surface area contributed by atoms with E-state index in [-0.39, 0.29) is 17.7 Å². The number of hydrogen-bond donors (Lipinski definition) is 1. The largest absolute Gasteiger partial charge is 0.497 e. The van der Waals surface area contributed by atoms with E-state index in [2.05, 4.69) is 5.32 Å². The van der Waals surface area contributed by atoms with E-state index < -0.39 is 5.91 Å². The van der Waals surface area contributed by atoms with Crippen molar-refractivity contribution < 1.29 is 23.9 Å². The fourth-order valence-electron chi connectivity index (χ4n) is 4.10. The summed E-state index contributed by atoms with van der Waals surface area (Å²) >= 11 is 0. The van der Waals surface area contributed by atoms with E-state index in [4.69, 9.17) is 9.47 Å². The molecule has 1 heterocycles. The third-order valence-corrected chi connectivity index (χ3v) is 6.05. The summed E-state index contributed by atoms with van der Waals surface area (Å²) in [4.78, 5) is 41.9. The maximum atomic E-state index is 13.6. The first-order chi connectivity index (χ1) is 17.5. The Hall–Kier alpha value is -4.33. The number of amides is 3. The van der Waals surface area contributed by atoms with Crippen LogP contribution in [0.15, 0.2) is 72.4 Å². The highest BCUT2D eigenvalue weighted by atomic mass is 16.6. The molecule has 0 radical (unpaired) electrons. The van der Waals surface area contributed by atoms with Crippen LogP contribution in [0.2, 0.25) is 0 Å². The second kappa shape index (κ2) is 11.4. The number of fused-ring (bicyclic) bond motifs is 1. The van der Waals surface area contributed by atoms with E-state index in [0.717, 1.165) is 16.3 Å². The third-order valence-electron chi connectivity index (χ3n) is 6.05. The number of nitrogens with zero attached hydrogens (tertiary/aromatic N) is 2. The van der Waals surface area contributed by atoms with Gasteiger partial charge in [-0.2, -0.15) is 0 Å². The molecule has 4 rings (SSSR count). The molecular weight excluding hydrogens is 458 g/mol. The molecule has 1 fully saturated rings. The van der Waals surface area contributed by atoms with E-state index in [1.54, 1.807) is 54.2 Å². The lowest BCUT2D eigenvalue weighted by atomic mass is 10.0. The second-order valence-corrected chi connectivity index (χ2v) is 8.29. The lowest BCUT2D eigenvalue weighted by Crippen LogP contribution is -2.52. The normalized spacial score (nSPS) is 13.9. The Morgan fingerprint density at radius 2 is 1.56 bits per heavy atom. The van der Waals surface area contributed by atoms with Crippen molar-refractivity contribution in [3.05, 3.63) is 83.6 Å². The zero-order valence-corrected chi connectivity index (χ0v) is 20.4. The van der Waals surface area contributed by atoms with Crippen molar-refractivity contribution in [2.24, 2.45) is 0 Å². The van der Waals surface area contributed by atoms with Crippen molar-refractivity contribution in [1.82, 2.24) is 15.1 Å². The maximum Gasteiger partial charge on any atom is 0.409 e. The Morgan fingerprint density at radius 1 is 0.889 bits per heavy atom. The van der Waals surface area contributed by atoms with Gasteiger partial charge in [0.2, 0.25) is 0 Å². The highest BCUT2D eigenvalue weighted by molar-refractivity contribution is 6.06. The SMILES string of the molecule is CCOC(=O)N1CCN(C(=O)/C(=C\c2cccc3ccccc23)NC(=O)c2ccc(OC)cc2)CC1. The molecule has 1 saturated heterocycles. The number of hydrogen-bond acceptors (Lipinski definition) is 5. The van der Waals surface area contributed by atoms with Crippen LogP contribution in [0.25, 0.3) is 16.8 Å². The molecule has 0 saturated carbocycles. The summed E-state index contributed by atoms with van der Waals surface area (Å²) in [5.41, 5.74) is 1.38. The van der Waals surface area contributed by atoms with Crippen LogP contribution in [-0.2, 0) is 9.53 Å². The molecule has 3 amide bonds. The Kier molecular flexibility index (Phi) is 7.85. The number of piperazine rings is 1. The average Bonchev–Trinajstić information content (AvgIpc) is 2.92. The zero-order chi connectivity index (χ0) is 25.5. The fourth-order valence-corrected chi connectivity index (χ4v) is 4.10. The predicted molar refractivity (Wildman–Crippen MR) is 138 cm³/mol. The van der Waals surface area contributed by atoms with Gasteiger partial charge in [-0.3, -0.25) is 9.59 Å². The van der Waals surface area contributed by atoms with E-state index in [0.29, 0.717) is 44.1 Å². The van der Waals surface area contributed by atoms with Crippen molar-refractivity contribution >= 4 is 34.8 Å². The molecule has 0 unspecified atom stereocenters. The molecule has 1 aliphatic heterocycles. The molecule has 8 heteroatoms. The van der Waals surface area contributed by atoms with Crippen LogP contribution in [0.3, 0.4) is 0 Å². The molecule has 1 aliphatic rings. The lowest BCUT2D eigenvalue weighted by molar-refractivity contribution is -0.128. The van der Waals surface area contributed by atoms with Gasteiger partial charge in [-0.15, -0.1) is 0 Å². The van der Waals surface area contributed by atoms with E-state index in [9.17, 15) is 14.4 Å². The minimum Gasteiger partial charge on any atom is -0.497 e. The van der Waals surface area contributed by atoms with Crippen LogP contribution < -0.4 is 10.1 Å². The third kappa shape index (κ3) is 5.66. The molecular formula is C28H29N3O5. The standard InChI is InChI=1S/C28H29N3O5/c1-3-36-28(34)31-17-15-30(16-18-31)27(33)25(29-26(32)21-11-13-23(35-2)14-12-21)19-22-9-6-8-20-7-4-5-10-24(20)22/h4-14,19H,3,15-18H2,1-2H3,(H,29,32)/b25-19+. The number of carbonyl (C=O) groups excluding carboxylic acids is 3. The average molecular weight is 488 g/mol. The molecule has 0 bridgehead atoms. The number of benzene rings is 3. The van der Waals surface area contributed by atoms with Crippen LogP contribution in [0.1, 0.15) is 22.8 Å². The highest BCUT2D eigenvalue weighted by Crippen LogP contribution is 2.22. The Balaban J connectivity index is 1.61. The Morgan fingerprint density at radius 3 is 2.25 bits per heavy atom. The number of ether oxygens (including phenoxy) is 2. The number of carbonyl (C=O) groups is 3. The molecule has 0 aliphatic carbocycles. The number of methoxy groups -OCH3 is 1. The van der Waals surface area contributed by atoms with Crippen molar-refractivity contribution in [3.63, 3.8) is 0 Å². The summed E-state index contributed by atoms with van der Waals surface area (Å²) in [6, 6.07) is 20.4. The monoisotopic (exact) mass is 487 g/mol. The lowest BCUT2D eigenvalue weighted by Gasteiger charge is -2.34. The van der Waals surface area contributed by atoms with Crippen LogP contribution in [0.4, 0.5) is 4.79 Å². The van der Waals surface area contributed by atoms with Crippen molar-refractivity contribution in [1.29, 1.82) is 0 Å². The fraction of sp³-hybridized carbons (Fsp3) is 0.250. The van der Waals surface area contributed by atoms with Crippen LogP contribution in [0.5, 0.6) is 5.75 Å². The molecule has 3 aromatic rings. The smallest absolute Gasteiger partial charge is 0.409 e. The van der Waals surface area contributed by atoms with Gasteiger partial charge in [0.25, 0.3) is 11.8 Å². The maximum absolute atomic E-state index is 13.6. The van der Waals surface area contributed by atoms with Gasteiger partial charge >= 0.3 is 6.09 Å². The molecule has 1 N–H and O–H groups in total. The summed E-state index contributed by atoms with van der Waals surface area (Å²) in [5, 5.41) is 4.82. The summed E-state index contributed by atoms with van der Waals surface area (Å²) < 4.78 is 10.2. The van der Waals surface area contributed by atoms with Gasteiger partial charge in [-0.25, -0.2) is 4.79 Å². The topological polar surface area (TPSA) is 88.2 Å². The van der Waals surface area contributed by atoms with E-state index in [1.807, 2.05) is 42.5 Å². The molecule has 0 atom stereocenters. The first kappa shape index (κ1) is 24.8. The van der Waals surface area contributed by atoms with Crippen LogP contribution >= 0.6 is 0 Å². The first-order valence-electron chi connectivity index (χ1n) is 11.9. The number of nitrogens with one attached hydrogen (secondary N) is 1. The summed E-state index contributed by atoms with van der Waals surface area (Å²) in [6.45, 7) is 3.45. The van der Waals surface area contributed by atoms with Crippen molar-refractivity contribution in [2.45, 2.75) is 6.92 Å². The Labute approximate surface area is 210 Å². The number of rotatable bonds is 6. The molecule has 0 aromatic heterocycles. The predicted octanol–water partition coefficient (Wildman–Crippen LogP) is 3.92. The summed E-state index contributed by atoms with van der Waals surface area (Å²) in [7, 11) is 1.56. The van der Waals surface area contributed by atoms with Crippen molar-refractivity contribution in [2.75, 3.05) is 39.9 Å². The first-order valence-corrected chi connectivity index (χ1v) is 11.9. The van der Waals surface area contributed by atoms with Gasteiger partial charge in [0, 0.05) is 31.7 Å². The minimum absolute atomic E-state index is 0.164. The summed E-state index contributed by atoms with van der Waals surface area (Å²) in [6.07, 6.45) is 1.33. The van der Waals surface area contributed by atoms with Gasteiger partial charge in [0.1, 0.15) is 11.4 Å². The van der Waals surface area contributed by atoms with Crippen LogP contribution in [-0.4, -0.2) is 67.6 Å². The van der Waals surface area contributed by atoms with Gasteiger partial charge < -0.3 is 24.6 Å². The molecule has 3 aromatic carbocycles. The van der Waals surface area contributed by atoms with Gasteiger partial charge in [-0.1, -0.05) is 42.5 Å². The van der Waals surface area contributed by atoms with Gasteiger partial charge in [0.15, 0.2) is 0 Å². The molecule has 0 spiro atoms.